The second-order valence-corrected chi connectivity index (χ2v) is 3.49. The van der Waals surface area contributed by atoms with E-state index in [4.69, 9.17) is 9.94 Å². The zero-order valence-corrected chi connectivity index (χ0v) is 9.13. The highest BCUT2D eigenvalue weighted by molar-refractivity contribution is 5.79. The Morgan fingerprint density at radius 2 is 2.12 bits per heavy atom. The molecular formula is C12H15NO3. The van der Waals surface area contributed by atoms with E-state index in [-0.39, 0.29) is 6.61 Å². The lowest BCUT2D eigenvalue weighted by atomic mass is 10.2. The smallest absolute Gasteiger partial charge is 0.119 e. The van der Waals surface area contributed by atoms with Crippen LogP contribution in [0.2, 0.25) is 0 Å². The van der Waals surface area contributed by atoms with E-state index in [2.05, 4.69) is 11.7 Å². The predicted molar refractivity (Wildman–Crippen MR) is 62.1 cm³/mol. The Labute approximate surface area is 94.5 Å². The summed E-state index contributed by atoms with van der Waals surface area (Å²) in [6, 6.07) is 6.98. The molecule has 1 aromatic carbocycles. The summed E-state index contributed by atoms with van der Waals surface area (Å²) in [6.45, 7) is 5.56. The molecule has 0 amide bonds. The number of rotatable bonds is 5. The van der Waals surface area contributed by atoms with Crippen molar-refractivity contribution >= 4 is 6.21 Å². The molecule has 1 atom stereocenters. The topological polar surface area (TPSA) is 62.0 Å². The van der Waals surface area contributed by atoms with Gasteiger partial charge in [0.05, 0.1) is 6.21 Å². The zero-order chi connectivity index (χ0) is 12.0. The lowest BCUT2D eigenvalue weighted by molar-refractivity contribution is 0.136. The molecule has 0 bridgehead atoms. The maximum Gasteiger partial charge on any atom is 0.119 e. The number of nitrogens with zero attached hydrogens (tertiary/aromatic N) is 1. The minimum Gasteiger partial charge on any atom is -0.491 e. The fourth-order valence-electron chi connectivity index (χ4n) is 1.03. The largest absolute Gasteiger partial charge is 0.491 e. The molecule has 0 saturated heterocycles. The molecule has 0 spiro atoms. The molecule has 0 heterocycles. The molecule has 1 aromatic rings. The van der Waals surface area contributed by atoms with Crippen molar-refractivity contribution in [3.05, 3.63) is 42.0 Å². The number of benzene rings is 1. The third-order valence-corrected chi connectivity index (χ3v) is 2.06. The van der Waals surface area contributed by atoms with Crippen LogP contribution >= 0.6 is 0 Å². The Hall–Kier alpha value is -1.81. The van der Waals surface area contributed by atoms with Crippen LogP contribution in [0.4, 0.5) is 0 Å². The minimum atomic E-state index is -0.654. The predicted octanol–water partition coefficient (Wildman–Crippen LogP) is 1.81. The van der Waals surface area contributed by atoms with Crippen molar-refractivity contribution in [2.24, 2.45) is 5.16 Å². The van der Waals surface area contributed by atoms with Crippen LogP contribution in [0.5, 0.6) is 5.75 Å². The first-order valence-electron chi connectivity index (χ1n) is 4.87. The van der Waals surface area contributed by atoms with E-state index in [1.54, 1.807) is 31.2 Å². The Bertz CT molecular complexity index is 370. The van der Waals surface area contributed by atoms with Gasteiger partial charge in [-0.05, 0) is 42.3 Å². The third-order valence-electron chi connectivity index (χ3n) is 2.06. The fourth-order valence-corrected chi connectivity index (χ4v) is 1.03. The highest BCUT2D eigenvalue weighted by Crippen LogP contribution is 2.12. The van der Waals surface area contributed by atoms with Gasteiger partial charge in [-0.3, -0.25) is 0 Å². The summed E-state index contributed by atoms with van der Waals surface area (Å²) in [5.74, 6) is 0.649. The average molecular weight is 221 g/mol. The van der Waals surface area contributed by atoms with Crippen molar-refractivity contribution in [3.63, 3.8) is 0 Å². The molecule has 2 N–H and O–H groups in total. The first kappa shape index (κ1) is 12.3. The molecule has 0 aliphatic rings. The van der Waals surface area contributed by atoms with Crippen molar-refractivity contribution in [2.75, 3.05) is 6.61 Å². The van der Waals surface area contributed by atoms with Gasteiger partial charge in [0.1, 0.15) is 18.5 Å². The highest BCUT2D eigenvalue weighted by Gasteiger charge is 2.04. The molecule has 0 aliphatic carbocycles. The lowest BCUT2D eigenvalue weighted by Crippen LogP contribution is -2.17. The first-order valence-corrected chi connectivity index (χ1v) is 4.87. The average Bonchev–Trinajstić information content (AvgIpc) is 2.28. The molecule has 0 radical (unpaired) electrons. The van der Waals surface area contributed by atoms with Crippen LogP contribution in [0.25, 0.3) is 0 Å². The summed E-state index contributed by atoms with van der Waals surface area (Å²) in [5.41, 5.74) is 1.44. The van der Waals surface area contributed by atoms with Crippen LogP contribution in [0.3, 0.4) is 0 Å². The van der Waals surface area contributed by atoms with Crippen LogP contribution in [-0.2, 0) is 0 Å². The van der Waals surface area contributed by atoms with Gasteiger partial charge in [0.15, 0.2) is 0 Å². The molecule has 4 heteroatoms. The SMILES string of the molecule is C=C(C)[C@H](O)COc1ccc(/C=N\O)cc1. The summed E-state index contributed by atoms with van der Waals surface area (Å²) in [6.07, 6.45) is 0.672. The maximum atomic E-state index is 9.45. The van der Waals surface area contributed by atoms with E-state index in [0.29, 0.717) is 11.3 Å². The maximum absolute atomic E-state index is 9.45. The Kier molecular flexibility index (Phi) is 4.54. The van der Waals surface area contributed by atoms with Crippen LogP contribution in [0, 0.1) is 0 Å². The second-order valence-electron chi connectivity index (χ2n) is 3.49. The second kappa shape index (κ2) is 5.92. The van der Waals surface area contributed by atoms with Crippen molar-refractivity contribution in [3.8, 4) is 5.75 Å². The van der Waals surface area contributed by atoms with E-state index in [1.807, 2.05) is 0 Å². The van der Waals surface area contributed by atoms with E-state index in [1.165, 1.54) is 6.21 Å². The molecule has 0 aromatic heterocycles. The Morgan fingerprint density at radius 1 is 1.50 bits per heavy atom. The molecule has 0 fully saturated rings. The number of hydrogen-bond acceptors (Lipinski definition) is 4. The first-order chi connectivity index (χ1) is 7.63. The molecule has 16 heavy (non-hydrogen) atoms. The molecule has 1 rings (SSSR count). The molecule has 0 saturated carbocycles. The summed E-state index contributed by atoms with van der Waals surface area (Å²) >= 11 is 0. The third kappa shape index (κ3) is 3.74. The van der Waals surface area contributed by atoms with Crippen LogP contribution in [-0.4, -0.2) is 29.2 Å². The summed E-state index contributed by atoms with van der Waals surface area (Å²) in [7, 11) is 0. The van der Waals surface area contributed by atoms with E-state index >= 15 is 0 Å². The standard InChI is InChI=1S/C12H15NO3/c1-9(2)12(14)8-16-11-5-3-10(4-6-11)7-13-15/h3-7,12,14-15H,1,8H2,2H3/b13-7-/t12-/m1/s1. The van der Waals surface area contributed by atoms with Crippen LogP contribution in [0.15, 0.2) is 41.6 Å². The van der Waals surface area contributed by atoms with Gasteiger partial charge in [0, 0.05) is 0 Å². The summed E-state index contributed by atoms with van der Waals surface area (Å²) < 4.78 is 5.34. The van der Waals surface area contributed by atoms with Crippen molar-refractivity contribution < 1.29 is 15.1 Å². The van der Waals surface area contributed by atoms with Gasteiger partial charge in [-0.1, -0.05) is 11.7 Å². The zero-order valence-electron chi connectivity index (χ0n) is 9.13. The lowest BCUT2D eigenvalue weighted by Gasteiger charge is -2.11. The molecule has 86 valence electrons. The Balaban J connectivity index is 2.52. The molecule has 0 unspecified atom stereocenters. The van der Waals surface area contributed by atoms with E-state index < -0.39 is 6.10 Å². The fraction of sp³-hybridized carbons (Fsp3) is 0.250. The number of oxime groups is 1. The van der Waals surface area contributed by atoms with Crippen LogP contribution in [0.1, 0.15) is 12.5 Å². The molecular weight excluding hydrogens is 206 g/mol. The normalized spacial score (nSPS) is 12.6. The van der Waals surface area contributed by atoms with Gasteiger partial charge >= 0.3 is 0 Å². The van der Waals surface area contributed by atoms with E-state index in [9.17, 15) is 5.11 Å². The Morgan fingerprint density at radius 3 is 2.62 bits per heavy atom. The van der Waals surface area contributed by atoms with Crippen molar-refractivity contribution in [2.45, 2.75) is 13.0 Å². The van der Waals surface area contributed by atoms with Crippen molar-refractivity contribution in [1.82, 2.24) is 0 Å². The van der Waals surface area contributed by atoms with Gasteiger partial charge in [0.2, 0.25) is 0 Å². The van der Waals surface area contributed by atoms with Crippen LogP contribution < -0.4 is 4.74 Å². The summed E-state index contributed by atoms with van der Waals surface area (Å²) in [5, 5.41) is 20.7. The monoisotopic (exact) mass is 221 g/mol. The van der Waals surface area contributed by atoms with Gasteiger partial charge in [-0.15, -0.1) is 0 Å². The number of hydrogen-bond donors (Lipinski definition) is 2. The van der Waals surface area contributed by atoms with Gasteiger partial charge < -0.3 is 15.1 Å². The van der Waals surface area contributed by atoms with Gasteiger partial charge in [-0.25, -0.2) is 0 Å². The van der Waals surface area contributed by atoms with E-state index in [0.717, 1.165) is 5.56 Å². The molecule has 0 aliphatic heterocycles. The minimum absolute atomic E-state index is 0.183. The highest BCUT2D eigenvalue weighted by atomic mass is 16.5. The number of aliphatic hydroxyl groups excluding tert-OH is 1. The van der Waals surface area contributed by atoms with Gasteiger partial charge in [-0.2, -0.15) is 0 Å². The number of ether oxygens (including phenoxy) is 1. The molecule has 4 nitrogen and oxygen atoms in total. The van der Waals surface area contributed by atoms with Gasteiger partial charge in [0.25, 0.3) is 0 Å². The van der Waals surface area contributed by atoms with Crippen molar-refractivity contribution in [1.29, 1.82) is 0 Å². The number of aliphatic hydroxyl groups is 1. The quantitative estimate of drug-likeness (QED) is 0.345. The summed E-state index contributed by atoms with van der Waals surface area (Å²) in [4.78, 5) is 0.